The Balaban J connectivity index is 1.47. The Kier molecular flexibility index (Phi) is 14.2. The maximum atomic E-state index is 14.9. The largest absolute Gasteiger partial charge is 0.389 e. The standard InChI is InChI=1S/C28H39FN8O7S/c1-28(2,38)20-37-19-22(18-33-37)26-21(16-31)17-32-27(36-26)35-25-4-3-23(15-24(25)29)45(39,40)34-6-8-42-10-12-44-14-13-43-11-9-41-7-5-30/h3-4,15,17-19,34,38H,5-14,20,30H2,1-2H3,(H,32,35,36). The highest BCUT2D eigenvalue weighted by Gasteiger charge is 2.19. The number of hydrogen-bond donors (Lipinski definition) is 4. The molecule has 0 atom stereocenters. The van der Waals surface area contributed by atoms with Gasteiger partial charge in [-0.2, -0.15) is 10.4 Å². The minimum absolute atomic E-state index is 0.0200. The number of rotatable bonds is 21. The lowest BCUT2D eigenvalue weighted by molar-refractivity contribution is -0.000345. The Morgan fingerprint density at radius 2 is 1.69 bits per heavy atom. The predicted octanol–water partition coefficient (Wildman–Crippen LogP) is 1.17. The summed E-state index contributed by atoms with van der Waals surface area (Å²) in [6, 6.07) is 5.37. The van der Waals surface area contributed by atoms with Crippen LogP contribution < -0.4 is 15.8 Å². The number of aromatic nitrogens is 4. The van der Waals surface area contributed by atoms with Crippen LogP contribution in [0.15, 0.2) is 41.7 Å². The monoisotopic (exact) mass is 650 g/mol. The summed E-state index contributed by atoms with van der Waals surface area (Å²) in [4.78, 5) is 8.13. The van der Waals surface area contributed by atoms with Gasteiger partial charge in [0.2, 0.25) is 16.0 Å². The maximum absolute atomic E-state index is 14.9. The van der Waals surface area contributed by atoms with E-state index in [0.717, 1.165) is 6.07 Å². The molecule has 15 nitrogen and oxygen atoms in total. The van der Waals surface area contributed by atoms with Crippen molar-refractivity contribution >= 4 is 21.7 Å². The number of nitrogens with one attached hydrogen (secondary N) is 2. The van der Waals surface area contributed by atoms with Gasteiger partial charge in [-0.15, -0.1) is 0 Å². The number of benzene rings is 1. The van der Waals surface area contributed by atoms with Gasteiger partial charge in [0.15, 0.2) is 0 Å². The second-order valence-electron chi connectivity index (χ2n) is 10.2. The molecule has 3 aromatic rings. The second-order valence-corrected chi connectivity index (χ2v) is 12.0. The second kappa shape index (κ2) is 17.8. The molecule has 0 aliphatic rings. The number of nitrogens with two attached hydrogens (primary N) is 1. The van der Waals surface area contributed by atoms with Crippen molar-refractivity contribution in [3.05, 3.63) is 48.2 Å². The zero-order valence-corrected chi connectivity index (χ0v) is 26.1. The van der Waals surface area contributed by atoms with E-state index in [0.29, 0.717) is 51.7 Å². The molecular formula is C28H39FN8O7S. The summed E-state index contributed by atoms with van der Waals surface area (Å²) in [5.74, 6) is -0.876. The van der Waals surface area contributed by atoms with Crippen molar-refractivity contribution in [2.45, 2.75) is 30.9 Å². The van der Waals surface area contributed by atoms with Crippen LogP contribution in [0, 0.1) is 17.1 Å². The van der Waals surface area contributed by atoms with Gasteiger partial charge >= 0.3 is 0 Å². The zero-order valence-electron chi connectivity index (χ0n) is 25.2. The summed E-state index contributed by atoms with van der Waals surface area (Å²) in [6.45, 7) is 6.82. The van der Waals surface area contributed by atoms with Crippen molar-refractivity contribution in [1.29, 1.82) is 5.26 Å². The van der Waals surface area contributed by atoms with Crippen molar-refractivity contribution in [2.75, 3.05) is 71.3 Å². The predicted molar refractivity (Wildman–Crippen MR) is 161 cm³/mol. The lowest BCUT2D eigenvalue weighted by Gasteiger charge is -2.16. The molecule has 2 aromatic heterocycles. The van der Waals surface area contributed by atoms with Gasteiger partial charge in [0.25, 0.3) is 0 Å². The number of ether oxygens (including phenoxy) is 4. The fourth-order valence-corrected chi connectivity index (χ4v) is 4.80. The molecule has 3 rings (SSSR count). The first-order chi connectivity index (χ1) is 21.5. The molecule has 0 fully saturated rings. The molecule has 0 aliphatic carbocycles. The highest BCUT2D eigenvalue weighted by Crippen LogP contribution is 2.25. The van der Waals surface area contributed by atoms with Gasteiger partial charge in [0.1, 0.15) is 11.9 Å². The third-order valence-electron chi connectivity index (χ3n) is 5.78. The van der Waals surface area contributed by atoms with E-state index < -0.39 is 21.4 Å². The molecule has 0 saturated carbocycles. The fourth-order valence-electron chi connectivity index (χ4n) is 3.77. The van der Waals surface area contributed by atoms with E-state index in [9.17, 15) is 23.2 Å². The molecule has 0 aliphatic heterocycles. The van der Waals surface area contributed by atoms with Crippen molar-refractivity contribution in [3.8, 4) is 17.3 Å². The molecule has 0 unspecified atom stereocenters. The van der Waals surface area contributed by atoms with Crippen LogP contribution in [0.3, 0.4) is 0 Å². The molecule has 0 spiro atoms. The molecule has 246 valence electrons. The van der Waals surface area contributed by atoms with E-state index in [1.807, 2.05) is 6.07 Å². The van der Waals surface area contributed by atoms with Crippen LogP contribution in [0.4, 0.5) is 16.0 Å². The highest BCUT2D eigenvalue weighted by molar-refractivity contribution is 7.89. The normalized spacial score (nSPS) is 11.9. The van der Waals surface area contributed by atoms with Crippen molar-refractivity contribution in [3.63, 3.8) is 0 Å². The van der Waals surface area contributed by atoms with E-state index in [1.165, 1.54) is 29.2 Å². The highest BCUT2D eigenvalue weighted by atomic mass is 32.2. The number of aliphatic hydroxyl groups is 1. The van der Waals surface area contributed by atoms with E-state index in [2.05, 4.69) is 25.1 Å². The van der Waals surface area contributed by atoms with Gasteiger partial charge in [-0.1, -0.05) is 0 Å². The summed E-state index contributed by atoms with van der Waals surface area (Å²) in [5.41, 5.74) is 5.15. The lowest BCUT2D eigenvalue weighted by Crippen LogP contribution is -2.28. The number of nitrogens with zero attached hydrogens (tertiary/aromatic N) is 5. The topological polar surface area (TPSA) is 209 Å². The smallest absolute Gasteiger partial charge is 0.240 e. The Morgan fingerprint density at radius 1 is 1.04 bits per heavy atom. The van der Waals surface area contributed by atoms with Gasteiger partial charge in [-0.25, -0.2) is 27.5 Å². The number of nitriles is 1. The summed E-state index contributed by atoms with van der Waals surface area (Å²) < 4.78 is 65.4. The molecule has 1 aromatic carbocycles. The van der Waals surface area contributed by atoms with Crippen LogP contribution in [0.1, 0.15) is 19.4 Å². The molecule has 5 N–H and O–H groups in total. The fraction of sp³-hybridized carbons (Fsp3) is 0.500. The minimum Gasteiger partial charge on any atom is -0.389 e. The quantitative estimate of drug-likeness (QED) is 0.120. The molecule has 2 heterocycles. The molecule has 0 bridgehead atoms. The van der Waals surface area contributed by atoms with Crippen molar-refractivity contribution in [2.24, 2.45) is 5.73 Å². The van der Waals surface area contributed by atoms with Crippen LogP contribution in [0.25, 0.3) is 11.3 Å². The SMILES string of the molecule is CC(C)(O)Cn1cc(-c2nc(Nc3ccc(S(=O)(=O)NCCOCCOCCOCCOCCN)cc3F)ncc2C#N)cn1. The zero-order chi connectivity index (χ0) is 32.7. The van der Waals surface area contributed by atoms with Gasteiger partial charge < -0.3 is 35.1 Å². The van der Waals surface area contributed by atoms with Gasteiger partial charge in [-0.3, -0.25) is 4.68 Å². The first-order valence-electron chi connectivity index (χ1n) is 14.1. The van der Waals surface area contributed by atoms with Crippen LogP contribution in [-0.4, -0.2) is 105 Å². The van der Waals surface area contributed by atoms with Gasteiger partial charge in [0.05, 0.1) is 99.2 Å². The number of anilines is 2. The van der Waals surface area contributed by atoms with Crippen molar-refractivity contribution < 1.29 is 36.9 Å². The first kappa shape index (κ1) is 35.9. The molecule has 17 heteroatoms. The molecular weight excluding hydrogens is 611 g/mol. The average Bonchev–Trinajstić information content (AvgIpc) is 3.45. The van der Waals surface area contributed by atoms with E-state index in [-0.39, 0.29) is 54.1 Å². The third-order valence-corrected chi connectivity index (χ3v) is 7.24. The van der Waals surface area contributed by atoms with Crippen LogP contribution in [0.5, 0.6) is 0 Å². The van der Waals surface area contributed by atoms with E-state index in [1.54, 1.807) is 20.0 Å². The van der Waals surface area contributed by atoms with Crippen LogP contribution in [0.2, 0.25) is 0 Å². The first-order valence-corrected chi connectivity index (χ1v) is 15.6. The minimum atomic E-state index is -4.01. The van der Waals surface area contributed by atoms with Gasteiger partial charge in [-0.05, 0) is 32.0 Å². The van der Waals surface area contributed by atoms with E-state index >= 15 is 0 Å². The summed E-state index contributed by atoms with van der Waals surface area (Å²) in [7, 11) is -4.01. The maximum Gasteiger partial charge on any atom is 0.240 e. The summed E-state index contributed by atoms with van der Waals surface area (Å²) in [6.07, 6.45) is 4.40. The third kappa shape index (κ3) is 12.4. The Labute approximate surface area is 261 Å². The molecule has 0 amide bonds. The van der Waals surface area contributed by atoms with Crippen molar-refractivity contribution in [1.82, 2.24) is 24.5 Å². The number of halogens is 1. The number of sulfonamides is 1. The molecule has 45 heavy (non-hydrogen) atoms. The Morgan fingerprint density at radius 3 is 2.29 bits per heavy atom. The Bertz CT molecular complexity index is 1510. The van der Waals surface area contributed by atoms with Crippen LogP contribution >= 0.6 is 0 Å². The summed E-state index contributed by atoms with van der Waals surface area (Å²) >= 11 is 0. The van der Waals surface area contributed by atoms with Crippen LogP contribution in [-0.2, 0) is 35.5 Å². The Hall–Kier alpha value is -3.60. The average molecular weight is 651 g/mol. The van der Waals surface area contributed by atoms with Gasteiger partial charge in [0, 0.05) is 24.8 Å². The molecule has 0 radical (unpaired) electrons. The lowest BCUT2D eigenvalue weighted by atomic mass is 10.1. The molecule has 0 saturated heterocycles. The van der Waals surface area contributed by atoms with E-state index in [4.69, 9.17) is 24.7 Å². The summed E-state index contributed by atoms with van der Waals surface area (Å²) in [5, 5.41) is 26.5. The number of hydrogen-bond acceptors (Lipinski definition) is 13.